The molecule has 0 bridgehead atoms. The van der Waals surface area contributed by atoms with Crippen molar-refractivity contribution in [1.82, 2.24) is 4.57 Å². The van der Waals surface area contributed by atoms with Crippen LogP contribution in [0.3, 0.4) is 0 Å². The summed E-state index contributed by atoms with van der Waals surface area (Å²) in [6, 6.07) is 13.4. The predicted octanol–water partition coefficient (Wildman–Crippen LogP) is 1.03. The van der Waals surface area contributed by atoms with Crippen molar-refractivity contribution in [1.29, 1.82) is 0 Å². The van der Waals surface area contributed by atoms with Crippen LogP contribution in [0.1, 0.15) is 0 Å². The van der Waals surface area contributed by atoms with E-state index >= 15 is 0 Å². The molecule has 6 nitrogen and oxygen atoms in total. The van der Waals surface area contributed by atoms with Gasteiger partial charge in [-0.2, -0.15) is 0 Å². The number of para-hydroxylation sites is 1. The zero-order valence-electron chi connectivity index (χ0n) is 11.2. The van der Waals surface area contributed by atoms with Gasteiger partial charge in [0, 0.05) is 18.0 Å². The number of hydrogen-bond donors (Lipinski definition) is 1. The second-order valence-electron chi connectivity index (χ2n) is 4.24. The Hall–Kier alpha value is -2.89. The summed E-state index contributed by atoms with van der Waals surface area (Å²) >= 11 is 0. The molecule has 0 fully saturated rings. The Morgan fingerprint density at radius 1 is 1.05 bits per heavy atom. The highest BCUT2D eigenvalue weighted by Crippen LogP contribution is 2.04. The second kappa shape index (κ2) is 7.04. The van der Waals surface area contributed by atoms with E-state index in [0.717, 1.165) is 0 Å². The minimum Gasteiger partial charge on any atom is -0.454 e. The highest BCUT2D eigenvalue weighted by atomic mass is 16.5. The van der Waals surface area contributed by atoms with Crippen molar-refractivity contribution in [3.63, 3.8) is 0 Å². The van der Waals surface area contributed by atoms with Crippen LogP contribution in [0.4, 0.5) is 5.69 Å². The number of pyridine rings is 1. The number of benzene rings is 1. The Labute approximate surface area is 121 Å². The minimum atomic E-state index is -0.647. The van der Waals surface area contributed by atoms with Gasteiger partial charge in [0.15, 0.2) is 6.61 Å². The molecule has 0 saturated heterocycles. The topological polar surface area (TPSA) is 77.4 Å². The van der Waals surface area contributed by atoms with Crippen LogP contribution in [0.2, 0.25) is 0 Å². The summed E-state index contributed by atoms with van der Waals surface area (Å²) in [7, 11) is 0. The van der Waals surface area contributed by atoms with Crippen LogP contribution >= 0.6 is 0 Å². The molecule has 1 N–H and O–H groups in total. The summed E-state index contributed by atoms with van der Waals surface area (Å²) in [5.74, 6) is -1.08. The van der Waals surface area contributed by atoms with Crippen molar-refractivity contribution >= 4 is 17.6 Å². The van der Waals surface area contributed by atoms with Crippen molar-refractivity contribution in [3.8, 4) is 0 Å². The van der Waals surface area contributed by atoms with Gasteiger partial charge in [-0.05, 0) is 18.2 Å². The summed E-state index contributed by atoms with van der Waals surface area (Å²) in [5.41, 5.74) is 0.320. The number of esters is 1. The summed E-state index contributed by atoms with van der Waals surface area (Å²) in [6.45, 7) is -0.617. The molecule has 6 heteroatoms. The van der Waals surface area contributed by atoms with Crippen LogP contribution in [0.5, 0.6) is 0 Å². The number of carbonyl (C=O) groups excluding carboxylic acids is 2. The molecule has 21 heavy (non-hydrogen) atoms. The molecule has 0 spiro atoms. The van der Waals surface area contributed by atoms with Gasteiger partial charge in [-0.1, -0.05) is 24.3 Å². The Balaban J connectivity index is 1.80. The lowest BCUT2D eigenvalue weighted by Crippen LogP contribution is -2.26. The average molecular weight is 286 g/mol. The first kappa shape index (κ1) is 14.5. The van der Waals surface area contributed by atoms with Gasteiger partial charge in [0.2, 0.25) is 0 Å². The molecule has 108 valence electrons. The zero-order chi connectivity index (χ0) is 15.1. The fourth-order valence-corrected chi connectivity index (χ4v) is 1.64. The molecule has 1 aromatic heterocycles. The molecule has 2 rings (SSSR count). The van der Waals surface area contributed by atoms with Gasteiger partial charge in [-0.3, -0.25) is 14.4 Å². The van der Waals surface area contributed by atoms with Gasteiger partial charge in [0.25, 0.3) is 11.5 Å². The summed E-state index contributed by atoms with van der Waals surface area (Å²) in [5, 5.41) is 2.59. The normalized spacial score (nSPS) is 9.90. The molecule has 0 aliphatic heterocycles. The monoisotopic (exact) mass is 286 g/mol. The van der Waals surface area contributed by atoms with Gasteiger partial charge >= 0.3 is 5.97 Å². The maximum atomic E-state index is 11.6. The number of rotatable bonds is 5. The molecular weight excluding hydrogens is 272 g/mol. The lowest BCUT2D eigenvalue weighted by Gasteiger charge is -2.07. The van der Waals surface area contributed by atoms with E-state index in [2.05, 4.69) is 5.32 Å². The quantitative estimate of drug-likeness (QED) is 0.833. The van der Waals surface area contributed by atoms with E-state index in [4.69, 9.17) is 4.74 Å². The fraction of sp³-hybridized carbons (Fsp3) is 0.133. The Kier molecular flexibility index (Phi) is 4.87. The first-order chi connectivity index (χ1) is 10.1. The van der Waals surface area contributed by atoms with E-state index in [1.807, 2.05) is 6.07 Å². The minimum absolute atomic E-state index is 0.224. The van der Waals surface area contributed by atoms with Crippen molar-refractivity contribution < 1.29 is 14.3 Å². The molecular formula is C15H14N2O4. The Morgan fingerprint density at radius 3 is 2.48 bits per heavy atom. The smallest absolute Gasteiger partial charge is 0.326 e. The maximum absolute atomic E-state index is 11.6. The van der Waals surface area contributed by atoms with Crippen LogP contribution in [-0.2, 0) is 20.9 Å². The van der Waals surface area contributed by atoms with Crippen LogP contribution in [-0.4, -0.2) is 23.1 Å². The van der Waals surface area contributed by atoms with E-state index in [0.29, 0.717) is 5.69 Å². The Morgan fingerprint density at radius 2 is 1.76 bits per heavy atom. The van der Waals surface area contributed by atoms with Crippen molar-refractivity contribution in [2.75, 3.05) is 11.9 Å². The lowest BCUT2D eigenvalue weighted by molar-refractivity contribution is -0.147. The first-order valence-corrected chi connectivity index (χ1v) is 6.31. The van der Waals surface area contributed by atoms with Crippen molar-refractivity contribution in [3.05, 3.63) is 65.1 Å². The third-order valence-corrected chi connectivity index (χ3v) is 2.62. The summed E-state index contributed by atoms with van der Waals surface area (Å²) in [6.07, 6.45) is 1.48. The third-order valence-electron chi connectivity index (χ3n) is 2.62. The van der Waals surface area contributed by atoms with Crippen molar-refractivity contribution in [2.24, 2.45) is 0 Å². The van der Waals surface area contributed by atoms with Gasteiger partial charge in [0.1, 0.15) is 6.54 Å². The second-order valence-corrected chi connectivity index (χ2v) is 4.24. The van der Waals surface area contributed by atoms with Crippen LogP contribution in [0.25, 0.3) is 0 Å². The molecule has 0 aliphatic carbocycles. The lowest BCUT2D eigenvalue weighted by atomic mass is 10.3. The molecule has 0 aliphatic rings. The van der Waals surface area contributed by atoms with Crippen LogP contribution in [0.15, 0.2) is 59.5 Å². The average Bonchev–Trinajstić information content (AvgIpc) is 2.49. The van der Waals surface area contributed by atoms with E-state index in [-0.39, 0.29) is 12.1 Å². The third kappa shape index (κ3) is 4.61. The number of ether oxygens (including phenoxy) is 1. The fourth-order valence-electron chi connectivity index (χ4n) is 1.64. The highest BCUT2D eigenvalue weighted by molar-refractivity contribution is 5.92. The standard InChI is InChI=1S/C15H14N2O4/c18-13(16-12-6-2-1-3-7-12)11-21-15(20)10-17-9-5-4-8-14(17)19/h1-9H,10-11H2,(H,16,18). The number of nitrogens with zero attached hydrogens (tertiary/aromatic N) is 1. The molecule has 1 heterocycles. The largest absolute Gasteiger partial charge is 0.454 e. The van der Waals surface area contributed by atoms with E-state index in [1.54, 1.807) is 36.4 Å². The molecule has 1 aromatic carbocycles. The van der Waals surface area contributed by atoms with E-state index in [1.165, 1.54) is 16.8 Å². The summed E-state index contributed by atoms with van der Waals surface area (Å²) < 4.78 is 6.03. The molecule has 1 amide bonds. The van der Waals surface area contributed by atoms with E-state index < -0.39 is 18.5 Å². The van der Waals surface area contributed by atoms with Crippen LogP contribution in [0, 0.1) is 0 Å². The van der Waals surface area contributed by atoms with Gasteiger partial charge in [0.05, 0.1) is 0 Å². The number of aromatic nitrogens is 1. The van der Waals surface area contributed by atoms with Crippen molar-refractivity contribution in [2.45, 2.75) is 6.54 Å². The highest BCUT2D eigenvalue weighted by Gasteiger charge is 2.09. The van der Waals surface area contributed by atoms with Gasteiger partial charge in [-0.25, -0.2) is 0 Å². The molecule has 2 aromatic rings. The maximum Gasteiger partial charge on any atom is 0.326 e. The predicted molar refractivity (Wildman–Crippen MR) is 76.7 cm³/mol. The number of hydrogen-bond acceptors (Lipinski definition) is 4. The zero-order valence-corrected chi connectivity index (χ0v) is 11.2. The Bertz CT molecular complexity index is 679. The molecule has 0 radical (unpaired) electrons. The number of amides is 1. The molecule has 0 saturated carbocycles. The number of anilines is 1. The summed E-state index contributed by atoms with van der Waals surface area (Å²) in [4.78, 5) is 34.5. The van der Waals surface area contributed by atoms with Gasteiger partial charge < -0.3 is 14.6 Å². The van der Waals surface area contributed by atoms with Gasteiger partial charge in [-0.15, -0.1) is 0 Å². The molecule has 0 unspecified atom stereocenters. The first-order valence-electron chi connectivity index (χ1n) is 6.31. The van der Waals surface area contributed by atoms with Crippen LogP contribution < -0.4 is 10.9 Å². The number of nitrogens with one attached hydrogen (secondary N) is 1. The number of carbonyl (C=O) groups is 2. The SMILES string of the molecule is O=C(COC(=O)Cn1ccccc1=O)Nc1ccccc1. The molecule has 0 atom stereocenters. The van der Waals surface area contributed by atoms with E-state index in [9.17, 15) is 14.4 Å².